The minimum absolute atomic E-state index is 0.461. The number of thioether (sulfide) groups is 1. The average molecular weight is 267 g/mol. The van der Waals surface area contributed by atoms with Crippen LogP contribution >= 0.6 is 11.8 Å². The third-order valence-electron chi connectivity index (χ3n) is 3.85. The Bertz CT molecular complexity index is 370. The Labute approximate surface area is 112 Å². The molecule has 2 heterocycles. The van der Waals surface area contributed by atoms with E-state index in [1.165, 1.54) is 50.7 Å². The van der Waals surface area contributed by atoms with Gasteiger partial charge in [-0.05, 0) is 31.4 Å². The predicted octanol–water partition coefficient (Wildman–Crippen LogP) is 3.06. The summed E-state index contributed by atoms with van der Waals surface area (Å²) in [4.78, 5) is 4.53. The van der Waals surface area contributed by atoms with Gasteiger partial charge in [0.05, 0.1) is 11.8 Å². The highest BCUT2D eigenvalue weighted by Gasteiger charge is 2.22. The summed E-state index contributed by atoms with van der Waals surface area (Å²) in [6, 6.07) is 0.657. The van der Waals surface area contributed by atoms with Gasteiger partial charge in [0.25, 0.3) is 0 Å². The van der Waals surface area contributed by atoms with E-state index in [1.807, 2.05) is 11.8 Å². The first-order valence-corrected chi connectivity index (χ1v) is 8.14. The molecule has 18 heavy (non-hydrogen) atoms. The summed E-state index contributed by atoms with van der Waals surface area (Å²) >= 11 is 1.97. The summed E-state index contributed by atoms with van der Waals surface area (Å²) in [6.07, 6.45) is 9.10. The molecule has 1 unspecified atom stereocenters. The summed E-state index contributed by atoms with van der Waals surface area (Å²) in [5.41, 5.74) is 0. The standard InChI is InChI=1S/C13H21N3OS/c1-2-6-10(5-1)14-9-12-15-13(16-17-12)11-7-3-4-8-18-11/h10-11,14H,1-9H2. The molecule has 1 saturated heterocycles. The number of hydrogen-bond donors (Lipinski definition) is 1. The molecule has 1 aromatic heterocycles. The summed E-state index contributed by atoms with van der Waals surface area (Å²) < 4.78 is 5.34. The molecule has 1 aliphatic heterocycles. The maximum absolute atomic E-state index is 5.34. The van der Waals surface area contributed by atoms with Crippen molar-refractivity contribution in [2.45, 2.75) is 62.8 Å². The van der Waals surface area contributed by atoms with Gasteiger partial charge in [-0.2, -0.15) is 16.7 Å². The Kier molecular flexibility index (Phi) is 4.20. The average Bonchev–Trinajstić information content (AvgIpc) is 3.09. The highest BCUT2D eigenvalue weighted by atomic mass is 32.2. The third kappa shape index (κ3) is 3.06. The highest BCUT2D eigenvalue weighted by Crippen LogP contribution is 2.36. The topological polar surface area (TPSA) is 51.0 Å². The van der Waals surface area contributed by atoms with E-state index < -0.39 is 0 Å². The Hall–Kier alpha value is -0.550. The molecule has 5 heteroatoms. The van der Waals surface area contributed by atoms with Crippen molar-refractivity contribution in [1.29, 1.82) is 0 Å². The summed E-state index contributed by atoms with van der Waals surface area (Å²) in [6.45, 7) is 0.731. The van der Waals surface area contributed by atoms with E-state index in [1.54, 1.807) is 0 Å². The van der Waals surface area contributed by atoms with Crippen LogP contribution in [0.1, 0.15) is 61.9 Å². The molecule has 1 atom stereocenters. The number of aromatic nitrogens is 2. The van der Waals surface area contributed by atoms with E-state index in [-0.39, 0.29) is 0 Å². The fourth-order valence-corrected chi connectivity index (χ4v) is 4.01. The molecule has 1 N–H and O–H groups in total. The van der Waals surface area contributed by atoms with Crippen molar-refractivity contribution in [2.24, 2.45) is 0 Å². The van der Waals surface area contributed by atoms with Crippen LogP contribution in [-0.4, -0.2) is 21.9 Å². The van der Waals surface area contributed by atoms with Gasteiger partial charge in [0.15, 0.2) is 5.82 Å². The van der Waals surface area contributed by atoms with Gasteiger partial charge in [-0.3, -0.25) is 0 Å². The lowest BCUT2D eigenvalue weighted by molar-refractivity contribution is 0.352. The first-order chi connectivity index (χ1) is 8.92. The molecule has 0 bridgehead atoms. The molecule has 0 spiro atoms. The van der Waals surface area contributed by atoms with E-state index >= 15 is 0 Å². The molecule has 4 nitrogen and oxygen atoms in total. The largest absolute Gasteiger partial charge is 0.338 e. The van der Waals surface area contributed by atoms with Crippen LogP contribution in [0.2, 0.25) is 0 Å². The summed E-state index contributed by atoms with van der Waals surface area (Å²) in [7, 11) is 0. The lowest BCUT2D eigenvalue weighted by atomic mass is 10.2. The maximum atomic E-state index is 5.34. The number of hydrogen-bond acceptors (Lipinski definition) is 5. The molecule has 2 aliphatic rings. The van der Waals surface area contributed by atoms with Crippen molar-refractivity contribution < 1.29 is 4.52 Å². The van der Waals surface area contributed by atoms with Gasteiger partial charge < -0.3 is 9.84 Å². The van der Waals surface area contributed by atoms with Gasteiger partial charge in [0, 0.05) is 6.04 Å². The van der Waals surface area contributed by atoms with E-state index in [4.69, 9.17) is 4.52 Å². The summed E-state index contributed by atoms with van der Waals surface area (Å²) in [5, 5.41) is 8.11. The first kappa shape index (κ1) is 12.5. The van der Waals surface area contributed by atoms with Crippen LogP contribution in [0.3, 0.4) is 0 Å². The second-order valence-corrected chi connectivity index (χ2v) is 6.57. The van der Waals surface area contributed by atoms with Gasteiger partial charge in [-0.15, -0.1) is 0 Å². The van der Waals surface area contributed by atoms with Crippen LogP contribution < -0.4 is 5.32 Å². The Morgan fingerprint density at radius 2 is 2.00 bits per heavy atom. The fraction of sp³-hybridized carbons (Fsp3) is 0.846. The van der Waals surface area contributed by atoms with Gasteiger partial charge in [-0.1, -0.05) is 24.4 Å². The molecule has 1 aromatic rings. The van der Waals surface area contributed by atoms with Crippen molar-refractivity contribution in [1.82, 2.24) is 15.5 Å². The molecular weight excluding hydrogens is 246 g/mol. The number of nitrogens with zero attached hydrogens (tertiary/aromatic N) is 2. The van der Waals surface area contributed by atoms with Gasteiger partial charge in [0.2, 0.25) is 5.89 Å². The van der Waals surface area contributed by atoms with Crippen LogP contribution in [0.5, 0.6) is 0 Å². The van der Waals surface area contributed by atoms with Crippen molar-refractivity contribution in [2.75, 3.05) is 5.75 Å². The molecule has 3 rings (SSSR count). The lowest BCUT2D eigenvalue weighted by Crippen LogP contribution is -2.25. The Balaban J connectivity index is 1.52. The van der Waals surface area contributed by atoms with Crippen molar-refractivity contribution in [3.8, 4) is 0 Å². The highest BCUT2D eigenvalue weighted by molar-refractivity contribution is 7.99. The zero-order chi connectivity index (χ0) is 12.2. The van der Waals surface area contributed by atoms with E-state index in [0.29, 0.717) is 11.3 Å². The zero-order valence-corrected chi connectivity index (χ0v) is 11.5. The fourth-order valence-electron chi connectivity index (χ4n) is 2.78. The molecule has 1 saturated carbocycles. The predicted molar refractivity (Wildman–Crippen MR) is 72.4 cm³/mol. The quantitative estimate of drug-likeness (QED) is 0.908. The molecule has 2 fully saturated rings. The van der Waals surface area contributed by atoms with Crippen molar-refractivity contribution in [3.05, 3.63) is 11.7 Å². The van der Waals surface area contributed by atoms with Crippen molar-refractivity contribution in [3.63, 3.8) is 0 Å². The van der Waals surface area contributed by atoms with Crippen LogP contribution in [0, 0.1) is 0 Å². The molecule has 0 radical (unpaired) electrons. The normalized spacial score (nSPS) is 25.7. The van der Waals surface area contributed by atoms with Crippen LogP contribution in [0.4, 0.5) is 0 Å². The Morgan fingerprint density at radius 3 is 2.78 bits per heavy atom. The minimum atomic E-state index is 0.461. The van der Waals surface area contributed by atoms with Crippen LogP contribution in [0.15, 0.2) is 4.52 Å². The lowest BCUT2D eigenvalue weighted by Gasteiger charge is -2.17. The first-order valence-electron chi connectivity index (χ1n) is 7.09. The van der Waals surface area contributed by atoms with E-state index in [9.17, 15) is 0 Å². The second kappa shape index (κ2) is 6.06. The van der Waals surface area contributed by atoms with Gasteiger partial charge >= 0.3 is 0 Å². The number of nitrogens with one attached hydrogen (secondary N) is 1. The number of rotatable bonds is 4. The van der Waals surface area contributed by atoms with E-state index in [2.05, 4.69) is 15.5 Å². The minimum Gasteiger partial charge on any atom is -0.338 e. The third-order valence-corrected chi connectivity index (χ3v) is 5.22. The van der Waals surface area contributed by atoms with E-state index in [0.717, 1.165) is 18.3 Å². The van der Waals surface area contributed by atoms with Crippen LogP contribution in [-0.2, 0) is 6.54 Å². The van der Waals surface area contributed by atoms with Gasteiger partial charge in [-0.25, -0.2) is 0 Å². The second-order valence-electron chi connectivity index (χ2n) is 5.26. The van der Waals surface area contributed by atoms with Crippen molar-refractivity contribution >= 4 is 11.8 Å². The van der Waals surface area contributed by atoms with Gasteiger partial charge in [0.1, 0.15) is 0 Å². The van der Waals surface area contributed by atoms with Crippen LogP contribution in [0.25, 0.3) is 0 Å². The maximum Gasteiger partial charge on any atom is 0.240 e. The zero-order valence-electron chi connectivity index (χ0n) is 10.7. The molecule has 0 aromatic carbocycles. The molecule has 1 aliphatic carbocycles. The molecule has 0 amide bonds. The molecule has 100 valence electrons. The summed E-state index contributed by atoms with van der Waals surface area (Å²) in [5.74, 6) is 2.89. The molecular formula is C13H21N3OS. The smallest absolute Gasteiger partial charge is 0.240 e. The monoisotopic (exact) mass is 267 g/mol. The SMILES string of the molecule is C1CCC(c2noc(CNC3CCCC3)n2)SC1. The Morgan fingerprint density at radius 1 is 1.17 bits per heavy atom.